The van der Waals surface area contributed by atoms with Crippen LogP contribution in [0.5, 0.6) is 0 Å². The third-order valence-electron chi connectivity index (χ3n) is 2.75. The lowest BCUT2D eigenvalue weighted by atomic mass is 10.3. The molecule has 0 saturated heterocycles. The Morgan fingerprint density at radius 3 is 2.82 bits per heavy atom. The Hall–Kier alpha value is -1.13. The van der Waals surface area contributed by atoms with Crippen LogP contribution in [0.4, 0.5) is 0 Å². The molecule has 4 heteroatoms. The number of aromatic nitrogens is 2. The van der Waals surface area contributed by atoms with E-state index >= 15 is 0 Å². The van der Waals surface area contributed by atoms with Gasteiger partial charge in [-0.05, 0) is 25.1 Å². The van der Waals surface area contributed by atoms with Gasteiger partial charge in [0.25, 0.3) is 0 Å². The molecular weight excluding hydrogens is 230 g/mol. The number of hydrogen-bond donors (Lipinski definition) is 1. The van der Waals surface area contributed by atoms with Crippen LogP contribution < -0.4 is 5.32 Å². The Kier molecular flexibility index (Phi) is 4.34. The lowest BCUT2D eigenvalue weighted by Gasteiger charge is -2.06. The molecule has 2 rings (SSSR count). The summed E-state index contributed by atoms with van der Waals surface area (Å²) >= 11 is 1.89. The van der Waals surface area contributed by atoms with Crippen LogP contribution in [0.3, 0.4) is 0 Å². The minimum absolute atomic E-state index is 0.891. The zero-order valence-corrected chi connectivity index (χ0v) is 11.3. The summed E-state index contributed by atoms with van der Waals surface area (Å²) in [6.45, 7) is 7.13. The third-order valence-corrected chi connectivity index (χ3v) is 3.96. The molecule has 0 aromatic carbocycles. The SMILES string of the molecule is CCNCc1cncn1Cc1ccc(CC)s1. The van der Waals surface area contributed by atoms with E-state index in [1.807, 2.05) is 23.9 Å². The van der Waals surface area contributed by atoms with Crippen LogP contribution in [-0.4, -0.2) is 16.1 Å². The van der Waals surface area contributed by atoms with Crippen LogP contribution in [0.2, 0.25) is 0 Å². The second-order valence-electron chi connectivity index (χ2n) is 4.01. The van der Waals surface area contributed by atoms with E-state index in [-0.39, 0.29) is 0 Å². The molecule has 0 amide bonds. The second-order valence-corrected chi connectivity index (χ2v) is 5.27. The molecule has 0 bridgehead atoms. The summed E-state index contributed by atoms with van der Waals surface area (Å²) in [5.74, 6) is 0. The molecule has 0 unspecified atom stereocenters. The zero-order valence-electron chi connectivity index (χ0n) is 10.4. The van der Waals surface area contributed by atoms with Crippen LogP contribution in [0.25, 0.3) is 0 Å². The van der Waals surface area contributed by atoms with Gasteiger partial charge in [-0.3, -0.25) is 0 Å². The number of aryl methyl sites for hydroxylation is 1. The second kappa shape index (κ2) is 5.98. The van der Waals surface area contributed by atoms with Crippen molar-refractivity contribution in [2.24, 2.45) is 0 Å². The summed E-state index contributed by atoms with van der Waals surface area (Å²) in [6.07, 6.45) is 4.98. The van der Waals surface area contributed by atoms with Crippen molar-refractivity contribution >= 4 is 11.3 Å². The highest BCUT2D eigenvalue weighted by Gasteiger charge is 2.04. The van der Waals surface area contributed by atoms with E-state index < -0.39 is 0 Å². The number of imidazole rings is 1. The topological polar surface area (TPSA) is 29.9 Å². The molecule has 0 aliphatic carbocycles. The first kappa shape index (κ1) is 12.3. The number of nitrogens with zero attached hydrogens (tertiary/aromatic N) is 2. The number of hydrogen-bond acceptors (Lipinski definition) is 3. The first-order valence-corrected chi connectivity index (χ1v) is 6.92. The molecule has 92 valence electrons. The fourth-order valence-electron chi connectivity index (χ4n) is 1.76. The third kappa shape index (κ3) is 3.17. The molecule has 0 spiro atoms. The zero-order chi connectivity index (χ0) is 12.1. The Balaban J connectivity index is 2.04. The van der Waals surface area contributed by atoms with Gasteiger partial charge < -0.3 is 9.88 Å². The molecule has 17 heavy (non-hydrogen) atoms. The van der Waals surface area contributed by atoms with Crippen molar-refractivity contribution in [3.63, 3.8) is 0 Å². The van der Waals surface area contributed by atoms with Gasteiger partial charge in [-0.15, -0.1) is 11.3 Å². The van der Waals surface area contributed by atoms with Crippen LogP contribution in [0.15, 0.2) is 24.7 Å². The van der Waals surface area contributed by atoms with Gasteiger partial charge >= 0.3 is 0 Å². The minimum atomic E-state index is 0.891. The summed E-state index contributed by atoms with van der Waals surface area (Å²) < 4.78 is 2.22. The minimum Gasteiger partial charge on any atom is -0.328 e. The monoisotopic (exact) mass is 249 g/mol. The molecule has 3 nitrogen and oxygen atoms in total. The van der Waals surface area contributed by atoms with Gasteiger partial charge in [0.1, 0.15) is 0 Å². The van der Waals surface area contributed by atoms with Crippen LogP contribution in [0.1, 0.15) is 29.3 Å². The maximum atomic E-state index is 4.23. The fraction of sp³-hybridized carbons (Fsp3) is 0.462. The van der Waals surface area contributed by atoms with Gasteiger partial charge in [0.05, 0.1) is 18.6 Å². The van der Waals surface area contributed by atoms with E-state index in [2.05, 4.69) is 40.8 Å². The van der Waals surface area contributed by atoms with Crippen molar-refractivity contribution in [3.8, 4) is 0 Å². The van der Waals surface area contributed by atoms with Gasteiger partial charge in [-0.25, -0.2) is 4.98 Å². The number of thiophene rings is 1. The van der Waals surface area contributed by atoms with Crippen molar-refractivity contribution in [2.75, 3.05) is 6.54 Å². The van der Waals surface area contributed by atoms with E-state index in [0.717, 1.165) is 26.1 Å². The summed E-state index contributed by atoms with van der Waals surface area (Å²) in [5.41, 5.74) is 1.25. The summed E-state index contributed by atoms with van der Waals surface area (Å²) in [4.78, 5) is 7.08. The predicted molar refractivity (Wildman–Crippen MR) is 72.4 cm³/mol. The highest BCUT2D eigenvalue weighted by molar-refractivity contribution is 7.11. The Bertz CT molecular complexity index is 459. The molecule has 0 atom stereocenters. The van der Waals surface area contributed by atoms with E-state index in [1.165, 1.54) is 15.4 Å². The number of nitrogens with one attached hydrogen (secondary N) is 1. The lowest BCUT2D eigenvalue weighted by Crippen LogP contribution is -2.15. The van der Waals surface area contributed by atoms with Crippen molar-refractivity contribution in [1.29, 1.82) is 0 Å². The molecular formula is C13H19N3S. The van der Waals surface area contributed by atoms with E-state index in [1.54, 1.807) is 0 Å². The highest BCUT2D eigenvalue weighted by Crippen LogP contribution is 2.18. The smallest absolute Gasteiger partial charge is 0.0952 e. The maximum absolute atomic E-state index is 4.23. The van der Waals surface area contributed by atoms with Crippen LogP contribution in [-0.2, 0) is 19.5 Å². The molecule has 0 aliphatic heterocycles. The molecule has 2 heterocycles. The van der Waals surface area contributed by atoms with Crippen molar-refractivity contribution in [3.05, 3.63) is 40.1 Å². The molecule has 0 aliphatic rings. The van der Waals surface area contributed by atoms with Gasteiger partial charge in [-0.1, -0.05) is 13.8 Å². The van der Waals surface area contributed by atoms with Crippen LogP contribution in [0, 0.1) is 0 Å². The van der Waals surface area contributed by atoms with E-state index in [9.17, 15) is 0 Å². The van der Waals surface area contributed by atoms with Gasteiger partial charge in [-0.2, -0.15) is 0 Å². The number of rotatable bonds is 6. The van der Waals surface area contributed by atoms with E-state index in [4.69, 9.17) is 0 Å². The van der Waals surface area contributed by atoms with Crippen LogP contribution >= 0.6 is 11.3 Å². The van der Waals surface area contributed by atoms with Crippen molar-refractivity contribution in [2.45, 2.75) is 33.4 Å². The fourth-order valence-corrected chi connectivity index (χ4v) is 2.71. The molecule has 0 fully saturated rings. The van der Waals surface area contributed by atoms with Crippen molar-refractivity contribution in [1.82, 2.24) is 14.9 Å². The van der Waals surface area contributed by atoms with Gasteiger partial charge in [0, 0.05) is 22.5 Å². The maximum Gasteiger partial charge on any atom is 0.0952 e. The Morgan fingerprint density at radius 1 is 1.29 bits per heavy atom. The van der Waals surface area contributed by atoms with Gasteiger partial charge in [0.2, 0.25) is 0 Å². The first-order chi connectivity index (χ1) is 8.33. The normalized spacial score (nSPS) is 10.9. The quantitative estimate of drug-likeness (QED) is 0.853. The molecule has 0 saturated carbocycles. The standard InChI is InChI=1S/C13H19N3S/c1-3-12-5-6-13(17-12)9-16-10-15-8-11(16)7-14-4-2/h5-6,8,10,14H,3-4,7,9H2,1-2H3. The van der Waals surface area contributed by atoms with Crippen molar-refractivity contribution < 1.29 is 0 Å². The molecule has 1 N–H and O–H groups in total. The summed E-state index contributed by atoms with van der Waals surface area (Å²) in [5, 5.41) is 3.34. The largest absolute Gasteiger partial charge is 0.328 e. The summed E-state index contributed by atoms with van der Waals surface area (Å²) in [6, 6.07) is 4.45. The lowest BCUT2D eigenvalue weighted by molar-refractivity contribution is 0.660. The average Bonchev–Trinajstić information content (AvgIpc) is 2.96. The summed E-state index contributed by atoms with van der Waals surface area (Å²) in [7, 11) is 0. The highest BCUT2D eigenvalue weighted by atomic mass is 32.1. The molecule has 0 radical (unpaired) electrons. The molecule has 2 aromatic heterocycles. The molecule has 2 aromatic rings. The Morgan fingerprint density at radius 2 is 2.12 bits per heavy atom. The van der Waals surface area contributed by atoms with E-state index in [0.29, 0.717) is 0 Å². The Labute approximate surface area is 107 Å². The predicted octanol–water partition coefficient (Wildman–Crippen LogP) is 2.66. The first-order valence-electron chi connectivity index (χ1n) is 6.10. The average molecular weight is 249 g/mol. The van der Waals surface area contributed by atoms with Gasteiger partial charge in [0.15, 0.2) is 0 Å².